The van der Waals surface area contributed by atoms with E-state index >= 15 is 0 Å². The molecular weight excluding hydrogens is 314 g/mol. The SMILES string of the molecule is Cc1nccc(CNc2cnn(-c3ccccc3)c(=O)c2Cl)n1. The average molecular weight is 328 g/mol. The molecule has 1 N–H and O–H groups in total. The Balaban J connectivity index is 1.85. The smallest absolute Gasteiger partial charge is 0.292 e. The van der Waals surface area contributed by atoms with Crippen molar-refractivity contribution in [1.29, 1.82) is 0 Å². The van der Waals surface area contributed by atoms with Crippen LogP contribution in [0.3, 0.4) is 0 Å². The fourth-order valence-electron chi connectivity index (χ4n) is 2.10. The molecule has 0 amide bonds. The van der Waals surface area contributed by atoms with Crippen molar-refractivity contribution in [1.82, 2.24) is 19.7 Å². The second-order valence-electron chi connectivity index (χ2n) is 4.87. The monoisotopic (exact) mass is 327 g/mol. The molecule has 0 aliphatic heterocycles. The van der Waals surface area contributed by atoms with Gasteiger partial charge in [0.05, 0.1) is 29.8 Å². The summed E-state index contributed by atoms with van der Waals surface area (Å²) in [7, 11) is 0. The molecule has 0 aliphatic carbocycles. The minimum atomic E-state index is -0.373. The van der Waals surface area contributed by atoms with Crippen LogP contribution in [0, 0.1) is 6.92 Å². The van der Waals surface area contributed by atoms with Crippen molar-refractivity contribution in [2.75, 3.05) is 5.32 Å². The van der Waals surface area contributed by atoms with E-state index in [-0.39, 0.29) is 10.6 Å². The molecule has 0 radical (unpaired) electrons. The Morgan fingerprint density at radius 1 is 1.22 bits per heavy atom. The van der Waals surface area contributed by atoms with Gasteiger partial charge in [-0.05, 0) is 25.1 Å². The summed E-state index contributed by atoms with van der Waals surface area (Å²) in [6, 6.07) is 10.9. The van der Waals surface area contributed by atoms with E-state index < -0.39 is 0 Å². The van der Waals surface area contributed by atoms with Gasteiger partial charge in [0.15, 0.2) is 0 Å². The van der Waals surface area contributed by atoms with Gasteiger partial charge in [0.1, 0.15) is 10.8 Å². The first-order valence-corrected chi connectivity index (χ1v) is 7.38. The zero-order chi connectivity index (χ0) is 16.2. The second kappa shape index (κ2) is 6.58. The van der Waals surface area contributed by atoms with E-state index in [1.807, 2.05) is 25.1 Å². The Kier molecular flexibility index (Phi) is 4.34. The Bertz CT molecular complexity index is 879. The van der Waals surface area contributed by atoms with Gasteiger partial charge in [-0.25, -0.2) is 9.97 Å². The van der Waals surface area contributed by atoms with Crippen LogP contribution in [0.1, 0.15) is 11.5 Å². The number of nitrogens with zero attached hydrogens (tertiary/aromatic N) is 4. The van der Waals surface area contributed by atoms with Crippen LogP contribution in [0.5, 0.6) is 0 Å². The van der Waals surface area contributed by atoms with Gasteiger partial charge in [-0.15, -0.1) is 0 Å². The highest BCUT2D eigenvalue weighted by molar-refractivity contribution is 6.32. The highest BCUT2D eigenvalue weighted by atomic mass is 35.5. The third-order valence-electron chi connectivity index (χ3n) is 3.21. The number of anilines is 1. The lowest BCUT2D eigenvalue weighted by Gasteiger charge is -2.10. The Morgan fingerprint density at radius 3 is 2.74 bits per heavy atom. The van der Waals surface area contributed by atoms with E-state index in [1.54, 1.807) is 24.4 Å². The molecule has 0 spiro atoms. The molecular formula is C16H14ClN5O. The van der Waals surface area contributed by atoms with E-state index in [2.05, 4.69) is 20.4 Å². The van der Waals surface area contributed by atoms with Crippen LogP contribution < -0.4 is 10.9 Å². The summed E-state index contributed by atoms with van der Waals surface area (Å²) in [5.41, 5.74) is 1.57. The van der Waals surface area contributed by atoms with Crippen molar-refractivity contribution in [3.63, 3.8) is 0 Å². The standard InChI is InChI=1S/C16H14ClN5O/c1-11-18-8-7-12(21-11)9-19-14-10-20-22(16(23)15(14)17)13-5-3-2-4-6-13/h2-8,10,19H,9H2,1H3. The minimum absolute atomic E-state index is 0.0923. The second-order valence-corrected chi connectivity index (χ2v) is 5.25. The molecule has 0 atom stereocenters. The molecule has 0 saturated heterocycles. The maximum atomic E-state index is 12.4. The molecule has 1 aromatic carbocycles. The van der Waals surface area contributed by atoms with E-state index in [9.17, 15) is 4.79 Å². The van der Waals surface area contributed by atoms with Crippen LogP contribution >= 0.6 is 11.6 Å². The zero-order valence-electron chi connectivity index (χ0n) is 12.4. The first-order valence-electron chi connectivity index (χ1n) is 7.01. The summed E-state index contributed by atoms with van der Waals surface area (Å²) < 4.78 is 1.27. The Labute approximate surface area is 137 Å². The summed E-state index contributed by atoms with van der Waals surface area (Å²) in [6.07, 6.45) is 3.22. The van der Waals surface area contributed by atoms with E-state index in [0.717, 1.165) is 5.69 Å². The molecule has 2 heterocycles. The number of hydrogen-bond acceptors (Lipinski definition) is 5. The number of benzene rings is 1. The van der Waals surface area contributed by atoms with Crippen molar-refractivity contribution in [3.8, 4) is 5.69 Å². The number of nitrogens with one attached hydrogen (secondary N) is 1. The van der Waals surface area contributed by atoms with Crippen LogP contribution in [0.25, 0.3) is 5.69 Å². The van der Waals surface area contributed by atoms with Crippen molar-refractivity contribution in [2.24, 2.45) is 0 Å². The molecule has 2 aromatic heterocycles. The van der Waals surface area contributed by atoms with Crippen LogP contribution in [0.15, 0.2) is 53.6 Å². The normalized spacial score (nSPS) is 10.5. The lowest BCUT2D eigenvalue weighted by Crippen LogP contribution is -2.22. The van der Waals surface area contributed by atoms with Crippen molar-refractivity contribution in [3.05, 3.63) is 75.7 Å². The number of para-hydroxylation sites is 1. The Morgan fingerprint density at radius 2 is 2.00 bits per heavy atom. The number of halogens is 1. The zero-order valence-corrected chi connectivity index (χ0v) is 13.2. The van der Waals surface area contributed by atoms with E-state index in [0.29, 0.717) is 23.7 Å². The third kappa shape index (κ3) is 3.37. The first kappa shape index (κ1) is 15.2. The third-order valence-corrected chi connectivity index (χ3v) is 3.58. The van der Waals surface area contributed by atoms with Gasteiger partial charge >= 0.3 is 0 Å². The van der Waals surface area contributed by atoms with Gasteiger partial charge in [-0.3, -0.25) is 4.79 Å². The molecule has 23 heavy (non-hydrogen) atoms. The van der Waals surface area contributed by atoms with Gasteiger partial charge in [0, 0.05) is 6.20 Å². The van der Waals surface area contributed by atoms with Crippen LogP contribution in [0.4, 0.5) is 5.69 Å². The van der Waals surface area contributed by atoms with Gasteiger partial charge in [0.2, 0.25) is 0 Å². The molecule has 0 bridgehead atoms. The maximum absolute atomic E-state index is 12.4. The summed E-state index contributed by atoms with van der Waals surface area (Å²) in [6.45, 7) is 2.25. The molecule has 0 aliphatic rings. The van der Waals surface area contributed by atoms with Gasteiger partial charge in [0.25, 0.3) is 5.56 Å². The minimum Gasteiger partial charge on any atom is -0.377 e. The summed E-state index contributed by atoms with van der Waals surface area (Å²) in [5, 5.41) is 7.33. The highest BCUT2D eigenvalue weighted by Crippen LogP contribution is 2.17. The van der Waals surface area contributed by atoms with Crippen molar-refractivity contribution in [2.45, 2.75) is 13.5 Å². The van der Waals surface area contributed by atoms with Gasteiger partial charge in [-0.2, -0.15) is 9.78 Å². The number of aromatic nitrogens is 4. The maximum Gasteiger partial charge on any atom is 0.292 e. The number of aryl methyl sites for hydroxylation is 1. The average Bonchev–Trinajstić information content (AvgIpc) is 2.57. The highest BCUT2D eigenvalue weighted by Gasteiger charge is 2.10. The summed E-state index contributed by atoms with van der Waals surface area (Å²) in [4.78, 5) is 20.7. The van der Waals surface area contributed by atoms with Crippen molar-refractivity contribution >= 4 is 17.3 Å². The lowest BCUT2D eigenvalue weighted by molar-refractivity contribution is 0.806. The van der Waals surface area contributed by atoms with Gasteiger partial charge in [-0.1, -0.05) is 29.8 Å². The van der Waals surface area contributed by atoms with Crippen LogP contribution in [0.2, 0.25) is 5.02 Å². The van der Waals surface area contributed by atoms with Crippen LogP contribution in [-0.4, -0.2) is 19.7 Å². The molecule has 0 fully saturated rings. The molecule has 116 valence electrons. The number of rotatable bonds is 4. The fourth-order valence-corrected chi connectivity index (χ4v) is 2.29. The van der Waals surface area contributed by atoms with Crippen LogP contribution in [-0.2, 0) is 6.54 Å². The number of hydrogen-bond donors (Lipinski definition) is 1. The predicted octanol–water partition coefficient (Wildman–Crippen LogP) is 2.60. The van der Waals surface area contributed by atoms with Crippen molar-refractivity contribution < 1.29 is 0 Å². The molecule has 7 heteroatoms. The van der Waals surface area contributed by atoms with Gasteiger partial charge < -0.3 is 5.32 Å². The molecule has 3 aromatic rings. The first-order chi connectivity index (χ1) is 11.1. The molecule has 6 nitrogen and oxygen atoms in total. The lowest BCUT2D eigenvalue weighted by atomic mass is 10.3. The fraction of sp³-hybridized carbons (Fsp3) is 0.125. The topological polar surface area (TPSA) is 72.7 Å². The molecule has 3 rings (SSSR count). The Hall–Kier alpha value is -2.73. The van der Waals surface area contributed by atoms with E-state index in [1.165, 1.54) is 10.9 Å². The van der Waals surface area contributed by atoms with E-state index in [4.69, 9.17) is 11.6 Å². The molecule has 0 saturated carbocycles. The summed E-state index contributed by atoms with van der Waals surface area (Å²) >= 11 is 6.18. The predicted molar refractivity (Wildman–Crippen MR) is 88.9 cm³/mol. The summed E-state index contributed by atoms with van der Waals surface area (Å²) in [5.74, 6) is 0.688. The quantitative estimate of drug-likeness (QED) is 0.797. The molecule has 0 unspecified atom stereocenters. The largest absolute Gasteiger partial charge is 0.377 e.